The van der Waals surface area contributed by atoms with Crippen molar-refractivity contribution in [1.82, 2.24) is 25.1 Å². The molecule has 0 radical (unpaired) electrons. The molecule has 2 aromatic heterocycles. The summed E-state index contributed by atoms with van der Waals surface area (Å²) in [5.74, 6) is 0.169. The molecule has 8 nitrogen and oxygen atoms in total. The fourth-order valence-electron chi connectivity index (χ4n) is 3.77. The van der Waals surface area contributed by atoms with Gasteiger partial charge in [-0.15, -0.1) is 16.4 Å². The molecule has 0 aliphatic carbocycles. The Hall–Kier alpha value is -2.24. The molecule has 0 bridgehead atoms. The van der Waals surface area contributed by atoms with E-state index in [0.717, 1.165) is 21.7 Å². The van der Waals surface area contributed by atoms with Crippen molar-refractivity contribution in [1.29, 1.82) is 0 Å². The molecule has 1 amide bonds. The van der Waals surface area contributed by atoms with Crippen LogP contribution in [0.15, 0.2) is 40.9 Å². The quantitative estimate of drug-likeness (QED) is 0.483. The van der Waals surface area contributed by atoms with Crippen LogP contribution >= 0.6 is 23.1 Å². The van der Waals surface area contributed by atoms with Crippen LogP contribution in [0.4, 0.5) is 0 Å². The Morgan fingerprint density at radius 3 is 2.68 bits per heavy atom. The highest BCUT2D eigenvalue weighted by molar-refractivity contribution is 7.99. The Kier molecular flexibility index (Phi) is 6.44. The van der Waals surface area contributed by atoms with Crippen LogP contribution in [0.3, 0.4) is 0 Å². The van der Waals surface area contributed by atoms with E-state index in [2.05, 4.69) is 15.5 Å². The Morgan fingerprint density at radius 2 is 2.03 bits per heavy atom. The van der Waals surface area contributed by atoms with Crippen molar-refractivity contribution < 1.29 is 13.2 Å². The fourth-order valence-corrected chi connectivity index (χ4v) is 6.97. The summed E-state index contributed by atoms with van der Waals surface area (Å²) in [6.45, 7) is 4.40. The predicted molar refractivity (Wildman–Crippen MR) is 121 cm³/mol. The molecule has 0 spiro atoms. The number of tetrazole rings is 1. The van der Waals surface area contributed by atoms with Gasteiger partial charge >= 0.3 is 0 Å². The number of carbonyl (C=O) groups excluding carboxylic acids is 1. The number of thiophene rings is 1. The molecule has 1 saturated heterocycles. The van der Waals surface area contributed by atoms with Crippen LogP contribution in [0.5, 0.6) is 0 Å². The fraction of sp³-hybridized carbons (Fsp3) is 0.400. The van der Waals surface area contributed by atoms with Crippen LogP contribution in [0.2, 0.25) is 0 Å². The molecular formula is C20H23N5O3S3. The Morgan fingerprint density at radius 1 is 1.26 bits per heavy atom. The number of thioether (sulfide) groups is 1. The number of hydrogen-bond acceptors (Lipinski definition) is 8. The zero-order valence-corrected chi connectivity index (χ0v) is 19.7. The van der Waals surface area contributed by atoms with Gasteiger partial charge in [-0.2, -0.15) is 4.68 Å². The summed E-state index contributed by atoms with van der Waals surface area (Å²) in [6, 6.07) is 9.56. The Bertz CT molecular complexity index is 1150. The second kappa shape index (κ2) is 9.09. The second-order valence-electron chi connectivity index (χ2n) is 7.56. The number of aryl methyl sites for hydroxylation is 2. The number of sulfone groups is 1. The molecule has 1 aliphatic heterocycles. The lowest BCUT2D eigenvalue weighted by molar-refractivity contribution is -0.130. The maximum absolute atomic E-state index is 13.2. The lowest BCUT2D eigenvalue weighted by Crippen LogP contribution is -2.41. The standard InChI is InChI=1S/C20H23N5O3S3/c1-14-5-3-6-15(2)19(14)25-20(21-22-23-25)30-12-18(26)24(11-17-7-4-9-29-17)16-8-10-31(27,28)13-16/h3-7,9,16H,8,10-13H2,1-2H3/t16-/m1/s1. The van der Waals surface area contributed by atoms with E-state index >= 15 is 0 Å². The van der Waals surface area contributed by atoms with Gasteiger partial charge in [0, 0.05) is 10.9 Å². The highest BCUT2D eigenvalue weighted by Gasteiger charge is 2.35. The summed E-state index contributed by atoms with van der Waals surface area (Å²) in [5.41, 5.74) is 2.98. The van der Waals surface area contributed by atoms with Gasteiger partial charge in [-0.3, -0.25) is 4.79 Å². The zero-order chi connectivity index (χ0) is 22.0. The number of carbonyl (C=O) groups is 1. The summed E-state index contributed by atoms with van der Waals surface area (Å²) in [7, 11) is -3.10. The first-order valence-corrected chi connectivity index (χ1v) is 13.5. The van der Waals surface area contributed by atoms with E-state index < -0.39 is 9.84 Å². The van der Waals surface area contributed by atoms with Crippen molar-refractivity contribution in [3.8, 4) is 5.69 Å². The number of nitrogens with zero attached hydrogens (tertiary/aromatic N) is 5. The SMILES string of the molecule is Cc1cccc(C)c1-n1nnnc1SCC(=O)N(Cc1cccs1)[C@@H]1CCS(=O)(=O)C1. The third-order valence-corrected chi connectivity index (χ3v) is 8.81. The van der Waals surface area contributed by atoms with Crippen molar-refractivity contribution >= 4 is 38.8 Å². The minimum atomic E-state index is -3.10. The number of aromatic nitrogens is 4. The summed E-state index contributed by atoms with van der Waals surface area (Å²) in [5, 5.41) is 14.5. The molecule has 3 heterocycles. The monoisotopic (exact) mass is 477 g/mol. The maximum atomic E-state index is 13.2. The van der Waals surface area contributed by atoms with Gasteiger partial charge in [-0.1, -0.05) is 36.0 Å². The summed E-state index contributed by atoms with van der Waals surface area (Å²) < 4.78 is 25.7. The van der Waals surface area contributed by atoms with Gasteiger partial charge in [0.1, 0.15) is 0 Å². The van der Waals surface area contributed by atoms with Crippen molar-refractivity contribution in [2.45, 2.75) is 38.0 Å². The molecular weight excluding hydrogens is 454 g/mol. The van der Waals surface area contributed by atoms with Crippen LogP contribution in [0, 0.1) is 13.8 Å². The van der Waals surface area contributed by atoms with Gasteiger partial charge in [-0.25, -0.2) is 8.42 Å². The molecule has 0 N–H and O–H groups in total. The molecule has 11 heteroatoms. The van der Waals surface area contributed by atoms with Gasteiger partial charge < -0.3 is 4.90 Å². The first-order chi connectivity index (χ1) is 14.8. The van der Waals surface area contributed by atoms with Crippen LogP contribution in [0.25, 0.3) is 5.69 Å². The van der Waals surface area contributed by atoms with E-state index in [1.807, 2.05) is 49.6 Å². The smallest absolute Gasteiger partial charge is 0.233 e. The third kappa shape index (κ3) is 4.99. The number of hydrogen-bond donors (Lipinski definition) is 0. The van der Waals surface area contributed by atoms with E-state index in [1.165, 1.54) is 11.8 Å². The van der Waals surface area contributed by atoms with E-state index in [9.17, 15) is 13.2 Å². The molecule has 0 saturated carbocycles. The number of para-hydroxylation sites is 1. The first kappa shape index (κ1) is 22.0. The third-order valence-electron chi connectivity index (χ3n) is 5.29. The van der Waals surface area contributed by atoms with Crippen LogP contribution in [0.1, 0.15) is 22.4 Å². The average Bonchev–Trinajstić information content (AvgIpc) is 3.46. The van der Waals surface area contributed by atoms with E-state index in [-0.39, 0.29) is 29.2 Å². The number of rotatable bonds is 7. The van der Waals surface area contributed by atoms with Gasteiger partial charge in [0.05, 0.1) is 29.5 Å². The van der Waals surface area contributed by atoms with Crippen molar-refractivity contribution in [3.05, 3.63) is 51.7 Å². The normalized spacial score (nSPS) is 17.7. The molecule has 3 aromatic rings. The Balaban J connectivity index is 1.52. The van der Waals surface area contributed by atoms with Gasteiger partial charge in [-0.05, 0) is 53.3 Å². The molecule has 1 aliphatic rings. The van der Waals surface area contributed by atoms with Crippen LogP contribution < -0.4 is 0 Å². The average molecular weight is 478 g/mol. The van der Waals surface area contributed by atoms with Crippen molar-refractivity contribution in [2.75, 3.05) is 17.3 Å². The van der Waals surface area contributed by atoms with Gasteiger partial charge in [0.2, 0.25) is 11.1 Å². The van der Waals surface area contributed by atoms with Crippen molar-refractivity contribution in [3.63, 3.8) is 0 Å². The van der Waals surface area contributed by atoms with Crippen LogP contribution in [-0.4, -0.2) is 62.7 Å². The highest BCUT2D eigenvalue weighted by atomic mass is 32.2. The minimum Gasteiger partial charge on any atom is -0.333 e. The summed E-state index contributed by atoms with van der Waals surface area (Å²) in [4.78, 5) is 15.9. The van der Waals surface area contributed by atoms with Crippen molar-refractivity contribution in [2.24, 2.45) is 0 Å². The second-order valence-corrected chi connectivity index (χ2v) is 11.8. The molecule has 1 atom stereocenters. The van der Waals surface area contributed by atoms with E-state index in [4.69, 9.17) is 0 Å². The lowest BCUT2D eigenvalue weighted by Gasteiger charge is -2.27. The van der Waals surface area contributed by atoms with Crippen LogP contribution in [-0.2, 0) is 21.2 Å². The zero-order valence-electron chi connectivity index (χ0n) is 17.3. The predicted octanol–water partition coefficient (Wildman–Crippen LogP) is 2.65. The molecule has 1 fully saturated rings. The van der Waals surface area contributed by atoms with Gasteiger partial charge in [0.25, 0.3) is 0 Å². The van der Waals surface area contributed by atoms with E-state index in [1.54, 1.807) is 20.9 Å². The van der Waals surface area contributed by atoms with Gasteiger partial charge in [0.15, 0.2) is 9.84 Å². The molecule has 0 unspecified atom stereocenters. The summed E-state index contributed by atoms with van der Waals surface area (Å²) in [6.07, 6.45) is 0.476. The topological polar surface area (TPSA) is 98.1 Å². The highest BCUT2D eigenvalue weighted by Crippen LogP contribution is 2.26. The number of benzene rings is 1. The minimum absolute atomic E-state index is 0.0227. The summed E-state index contributed by atoms with van der Waals surface area (Å²) >= 11 is 2.82. The maximum Gasteiger partial charge on any atom is 0.233 e. The lowest BCUT2D eigenvalue weighted by atomic mass is 10.1. The molecule has 4 rings (SSSR count). The largest absolute Gasteiger partial charge is 0.333 e. The number of amides is 1. The van der Waals surface area contributed by atoms with E-state index in [0.29, 0.717) is 18.1 Å². The first-order valence-electron chi connectivity index (χ1n) is 9.84. The molecule has 164 valence electrons. The Labute approximate surface area is 189 Å². The molecule has 31 heavy (non-hydrogen) atoms. The molecule has 1 aromatic carbocycles.